The third-order valence-corrected chi connectivity index (χ3v) is 12.1. The van der Waals surface area contributed by atoms with Crippen LogP contribution in [-0.4, -0.2) is 167 Å². The molecule has 82 heavy (non-hydrogen) atoms. The van der Waals surface area contributed by atoms with Crippen LogP contribution in [0.15, 0.2) is 12.0 Å². The normalized spacial score (nSPS) is 37.0. The van der Waals surface area contributed by atoms with Crippen molar-refractivity contribution in [3.8, 4) is 0 Å². The van der Waals surface area contributed by atoms with E-state index in [0.29, 0.717) is 0 Å². The largest absolute Gasteiger partial charge is 1.00 e. The van der Waals surface area contributed by atoms with Gasteiger partial charge in [-0.25, -0.2) is 9.59 Å². The van der Waals surface area contributed by atoms with Crippen molar-refractivity contribution < 1.29 is 239 Å². The number of hydrogen-bond donors (Lipinski definition) is 2. The number of carboxylic acids is 1. The van der Waals surface area contributed by atoms with E-state index in [1.165, 1.54) is 33.5 Å². The summed E-state index contributed by atoms with van der Waals surface area (Å²) in [5.74, 6) is -101. The SMILES string of the molecule is C1CC1.COC(=O)C(C)=O.COC(=O)C1(C)OC2CCCCC2O1.FC(F)=C1OC2(F)C(F)(F)C(F)(F)C(F)(F)C(F)(F)C2(F)O1.O.O=C([O-])C1(C(F)(F)F)OC2(F)C(F)(F)C(F)(F)C(F)(F)C(F)(F)C2(F)O1.OC1CCCCC1O.[K+]. The van der Waals surface area contributed by atoms with Gasteiger partial charge in [0.15, 0.2) is 0 Å². The molecule has 8 unspecified atom stereocenters. The first kappa shape index (κ1) is 77.0. The molecule has 3 heterocycles. The van der Waals surface area contributed by atoms with Gasteiger partial charge in [0.1, 0.15) is 5.97 Å². The summed E-state index contributed by atoms with van der Waals surface area (Å²) in [6.07, 6.45) is 1.30. The molecule has 474 valence electrons. The van der Waals surface area contributed by atoms with Gasteiger partial charge in [-0.2, -0.15) is 110 Å². The topological polar surface area (TPSA) is 237 Å². The number of alkyl halides is 23. The molecule has 16 nitrogen and oxygen atoms in total. The second-order valence-corrected chi connectivity index (χ2v) is 17.9. The Labute approximate surface area is 484 Å². The maximum Gasteiger partial charge on any atom is 1.00 e. The Morgan fingerprint density at radius 3 is 1.02 bits per heavy atom. The molecule has 8 atom stereocenters. The van der Waals surface area contributed by atoms with Crippen LogP contribution < -0.4 is 56.5 Å². The number of fused-ring (bicyclic) bond motifs is 3. The number of aliphatic hydroxyl groups excluding tert-OH is 2. The average molecular weight is 1290 g/mol. The van der Waals surface area contributed by atoms with Crippen LogP contribution in [0.4, 0.5) is 110 Å². The Morgan fingerprint density at radius 2 is 0.817 bits per heavy atom. The molecule has 42 heteroatoms. The molecule has 0 spiro atoms. The van der Waals surface area contributed by atoms with Crippen LogP contribution in [0, 0.1) is 0 Å². The predicted molar refractivity (Wildman–Crippen MR) is 202 cm³/mol. The number of carbonyl (C=O) groups is 4. The molecule has 0 aromatic rings. The zero-order valence-corrected chi connectivity index (χ0v) is 44.9. The van der Waals surface area contributed by atoms with Crippen LogP contribution in [0.1, 0.15) is 84.5 Å². The Bertz CT molecular complexity index is 2220. The molecule has 0 aromatic heterocycles. The van der Waals surface area contributed by atoms with Gasteiger partial charge in [-0.3, -0.25) is 14.3 Å². The zero-order valence-electron chi connectivity index (χ0n) is 41.7. The van der Waals surface area contributed by atoms with Crippen molar-refractivity contribution in [1.29, 1.82) is 0 Å². The number of Topliss-reactive ketones (excluding diaryl/α,β-unsaturated/α-hetero) is 1. The van der Waals surface area contributed by atoms with Gasteiger partial charge in [-0.1, -0.05) is 44.9 Å². The molecule has 0 amide bonds. The van der Waals surface area contributed by atoms with Gasteiger partial charge in [0.25, 0.3) is 5.79 Å². The predicted octanol–water partition coefficient (Wildman–Crippen LogP) is 4.53. The van der Waals surface area contributed by atoms with Gasteiger partial charge in [0.2, 0.25) is 5.78 Å². The molecule has 5 saturated carbocycles. The molecule has 0 bridgehead atoms. The first-order valence-corrected chi connectivity index (χ1v) is 22.0. The summed E-state index contributed by atoms with van der Waals surface area (Å²) >= 11 is 0. The number of aliphatic carboxylic acids is 1. The molecule has 0 aromatic carbocycles. The van der Waals surface area contributed by atoms with Crippen LogP contribution in [0.2, 0.25) is 0 Å². The van der Waals surface area contributed by atoms with Crippen LogP contribution in [-0.2, 0) is 57.1 Å². The Hall–Kier alpha value is -2.97. The number of methoxy groups -OCH3 is 2. The molecule has 8 fully saturated rings. The number of rotatable bonds is 3. The smallest absolute Gasteiger partial charge is 0.544 e. The van der Waals surface area contributed by atoms with Crippen LogP contribution in [0.25, 0.3) is 0 Å². The van der Waals surface area contributed by atoms with E-state index in [-0.39, 0.29) is 69.1 Å². The summed E-state index contributed by atoms with van der Waals surface area (Å²) in [6.45, 7) is 2.79. The average Bonchev–Trinajstić information content (AvgIpc) is 4.08. The fourth-order valence-electron chi connectivity index (χ4n) is 7.46. The minimum atomic E-state index is -7.55. The van der Waals surface area contributed by atoms with E-state index in [1.807, 2.05) is 0 Å². The molecule has 8 rings (SSSR count). The van der Waals surface area contributed by atoms with Crippen LogP contribution in [0.3, 0.4) is 0 Å². The van der Waals surface area contributed by atoms with Gasteiger partial charge in [0, 0.05) is 13.8 Å². The molecular weight excluding hydrogens is 1250 g/mol. The standard InChI is InChI=1S/C10H16O4.C9HF13O4.C8F12O2.C6H12O2.C4H6O3.C3H6.K.H2O/c1-10(9(11)12-2)13-7-5-3-4-6-8(7)14-10;10-3(11)4(12,13)6(16,17)8(19)7(18,5(3,14)15)25-2(26-8,1(23)24)9(20,21)22;9-1(10)2-21-7(19)5(15,16)3(11,12)4(13,14)6(17,18)8(7,20)22-2;7-5-3-1-2-4-6(5)8;1-3(5)4(6)7-2;1-2-3-1;;/h7-8H,3-6H2,1-2H3;(H,23,24);;5-8H,1-4H2;1-2H3;1-3H2;;1H2/q;;;;;;+1;/p-1. The molecule has 5 aliphatic carbocycles. The molecule has 3 saturated heterocycles. The van der Waals surface area contributed by atoms with Crippen molar-refractivity contribution >= 4 is 23.7 Å². The van der Waals surface area contributed by atoms with E-state index in [0.717, 1.165) is 58.3 Å². The van der Waals surface area contributed by atoms with Gasteiger partial charge in [-0.15, -0.1) is 0 Å². The first-order valence-electron chi connectivity index (χ1n) is 22.0. The van der Waals surface area contributed by atoms with E-state index in [1.54, 1.807) is 6.92 Å². The van der Waals surface area contributed by atoms with Gasteiger partial charge in [-0.05, 0) is 25.7 Å². The number of carboxylic acid groups (broad SMARTS) is 1. The van der Waals surface area contributed by atoms with Crippen molar-refractivity contribution in [2.24, 2.45) is 0 Å². The molecule has 0 radical (unpaired) electrons. The van der Waals surface area contributed by atoms with Crippen molar-refractivity contribution in [2.75, 3.05) is 14.2 Å². The first-order chi connectivity index (χ1) is 35.8. The number of ether oxygens (including phenoxy) is 8. The monoisotopic (exact) mass is 1290 g/mol. The Kier molecular flexibility index (Phi) is 23.5. The fourth-order valence-corrected chi connectivity index (χ4v) is 7.46. The fraction of sp³-hybridized carbons (Fsp3) is 0.850. The van der Waals surface area contributed by atoms with Crippen molar-refractivity contribution in [2.45, 2.75) is 197 Å². The number of esters is 2. The number of ketones is 1. The number of carbonyl (C=O) groups excluding carboxylic acids is 4. The summed E-state index contributed by atoms with van der Waals surface area (Å²) < 4.78 is 358. The number of halogens is 25. The number of aliphatic hydroxyl groups is 2. The van der Waals surface area contributed by atoms with E-state index in [2.05, 4.69) is 28.4 Å². The molecule has 8 aliphatic rings. The summed E-state index contributed by atoms with van der Waals surface area (Å²) in [7, 11) is 2.52. The third kappa shape index (κ3) is 11.9. The maximum absolute atomic E-state index is 14.1. The quantitative estimate of drug-likeness (QED) is 0.171. The third-order valence-electron chi connectivity index (χ3n) is 12.1. The van der Waals surface area contributed by atoms with E-state index < -0.39 is 136 Å². The molecule has 3 aliphatic heterocycles. The van der Waals surface area contributed by atoms with E-state index >= 15 is 0 Å². The Morgan fingerprint density at radius 1 is 0.524 bits per heavy atom. The minimum Gasteiger partial charge on any atom is -0.544 e. The Balaban J connectivity index is 0.000000538. The second-order valence-electron chi connectivity index (χ2n) is 17.9. The minimum absolute atomic E-state index is 0. The zero-order chi connectivity index (χ0) is 62.7. The van der Waals surface area contributed by atoms with Crippen LogP contribution in [0.5, 0.6) is 0 Å². The van der Waals surface area contributed by atoms with Crippen molar-refractivity contribution in [3.63, 3.8) is 0 Å². The van der Waals surface area contributed by atoms with Crippen molar-refractivity contribution in [3.05, 3.63) is 12.0 Å². The molecular formula is C40H42F25KO16. The summed E-state index contributed by atoms with van der Waals surface area (Å²) in [5.41, 5.74) is 0. The second kappa shape index (κ2) is 25.0. The van der Waals surface area contributed by atoms with Crippen LogP contribution >= 0.6 is 0 Å². The van der Waals surface area contributed by atoms with Gasteiger partial charge in [0.05, 0.1) is 38.6 Å². The van der Waals surface area contributed by atoms with Gasteiger partial charge >= 0.3 is 158 Å². The summed E-state index contributed by atoms with van der Waals surface area (Å²) in [6, 6.07) is 0. The number of hydrogen-bond acceptors (Lipinski definition) is 15. The maximum atomic E-state index is 14.1. The molecule has 4 N–H and O–H groups in total. The van der Waals surface area contributed by atoms with E-state index in [4.69, 9.17) is 19.7 Å². The van der Waals surface area contributed by atoms with E-state index in [9.17, 15) is 134 Å². The summed E-state index contributed by atoms with van der Waals surface area (Å²) in [4.78, 5) is 41.7. The van der Waals surface area contributed by atoms with Gasteiger partial charge < -0.3 is 54.0 Å². The van der Waals surface area contributed by atoms with Crippen molar-refractivity contribution in [1.82, 2.24) is 0 Å². The summed E-state index contributed by atoms with van der Waals surface area (Å²) in [5, 5.41) is 28.3.